The van der Waals surface area contributed by atoms with Crippen LogP contribution in [0, 0.1) is 0 Å². The summed E-state index contributed by atoms with van der Waals surface area (Å²) in [4.78, 5) is 24.5. The molecule has 0 bridgehead atoms. The summed E-state index contributed by atoms with van der Waals surface area (Å²) < 4.78 is 0. The van der Waals surface area contributed by atoms with Crippen LogP contribution in [0.5, 0.6) is 0 Å². The first kappa shape index (κ1) is 17.2. The summed E-state index contributed by atoms with van der Waals surface area (Å²) in [6.45, 7) is 1.99. The first-order chi connectivity index (χ1) is 11.1. The molecule has 3 N–H and O–H groups in total. The Balaban J connectivity index is 2.07. The molecule has 1 unspecified atom stereocenters. The maximum absolute atomic E-state index is 12.4. The van der Waals surface area contributed by atoms with E-state index in [1.165, 1.54) is 11.3 Å². The van der Waals surface area contributed by atoms with Gasteiger partial charge in [0.05, 0.1) is 16.8 Å². The highest BCUT2D eigenvalue weighted by Crippen LogP contribution is 2.17. The van der Waals surface area contributed by atoms with Crippen LogP contribution in [0.25, 0.3) is 0 Å². The van der Waals surface area contributed by atoms with Gasteiger partial charge >= 0.3 is 0 Å². The van der Waals surface area contributed by atoms with E-state index in [1.54, 1.807) is 35.7 Å². The van der Waals surface area contributed by atoms with E-state index in [1.807, 2.05) is 12.3 Å². The lowest BCUT2D eigenvalue weighted by atomic mass is 10.1. The third-order valence-corrected chi connectivity index (χ3v) is 4.06. The van der Waals surface area contributed by atoms with Crippen molar-refractivity contribution in [3.63, 3.8) is 0 Å². The normalized spacial score (nSPS) is 11.7. The van der Waals surface area contributed by atoms with Gasteiger partial charge in [-0.3, -0.25) is 9.59 Å². The Morgan fingerprint density at radius 3 is 2.70 bits per heavy atom. The van der Waals surface area contributed by atoms with Crippen LogP contribution in [0.15, 0.2) is 41.1 Å². The second-order valence-corrected chi connectivity index (χ2v) is 6.03. The summed E-state index contributed by atoms with van der Waals surface area (Å²) in [5.41, 5.74) is 1.48. The first-order valence-electron chi connectivity index (χ1n) is 7.46. The minimum atomic E-state index is -0.239. The van der Waals surface area contributed by atoms with Gasteiger partial charge in [-0.1, -0.05) is 12.1 Å². The van der Waals surface area contributed by atoms with Gasteiger partial charge in [0.15, 0.2) is 0 Å². The third-order valence-electron chi connectivity index (χ3n) is 3.38. The van der Waals surface area contributed by atoms with Crippen LogP contribution in [-0.4, -0.2) is 29.6 Å². The predicted octanol–water partition coefficient (Wildman–Crippen LogP) is 2.89. The summed E-state index contributed by atoms with van der Waals surface area (Å²) in [7, 11) is 0. The molecule has 5 nitrogen and oxygen atoms in total. The predicted molar refractivity (Wildman–Crippen MR) is 92.0 cm³/mol. The Labute approximate surface area is 139 Å². The molecule has 122 valence electrons. The van der Waals surface area contributed by atoms with E-state index >= 15 is 0 Å². The van der Waals surface area contributed by atoms with Crippen LogP contribution >= 0.6 is 11.3 Å². The van der Waals surface area contributed by atoms with Crippen LogP contribution in [0.4, 0.5) is 5.69 Å². The minimum absolute atomic E-state index is 0.0460. The Morgan fingerprint density at radius 2 is 2.00 bits per heavy atom. The van der Waals surface area contributed by atoms with Gasteiger partial charge in [0, 0.05) is 18.0 Å². The minimum Gasteiger partial charge on any atom is -0.396 e. The van der Waals surface area contributed by atoms with Gasteiger partial charge in [-0.15, -0.1) is 0 Å². The van der Waals surface area contributed by atoms with E-state index in [9.17, 15) is 9.59 Å². The van der Waals surface area contributed by atoms with Crippen molar-refractivity contribution in [3.05, 3.63) is 52.2 Å². The molecule has 1 heterocycles. The third kappa shape index (κ3) is 4.91. The molecular formula is C17H20N2O3S. The van der Waals surface area contributed by atoms with Gasteiger partial charge in [0.1, 0.15) is 0 Å². The molecule has 0 saturated heterocycles. The SMILES string of the molecule is CC(CCCO)NC(=O)c1ccccc1NC(=O)c1ccsc1. The average molecular weight is 332 g/mol. The van der Waals surface area contributed by atoms with E-state index in [0.717, 1.165) is 0 Å². The molecule has 0 aliphatic rings. The van der Waals surface area contributed by atoms with Gasteiger partial charge in [0.2, 0.25) is 0 Å². The van der Waals surface area contributed by atoms with Gasteiger partial charge < -0.3 is 15.7 Å². The molecule has 0 aliphatic heterocycles. The van der Waals surface area contributed by atoms with Crippen molar-refractivity contribution in [2.24, 2.45) is 0 Å². The zero-order valence-corrected chi connectivity index (χ0v) is 13.7. The van der Waals surface area contributed by atoms with Crippen molar-refractivity contribution in [2.75, 3.05) is 11.9 Å². The highest BCUT2D eigenvalue weighted by Gasteiger charge is 2.15. The number of amides is 2. The fourth-order valence-electron chi connectivity index (χ4n) is 2.15. The highest BCUT2D eigenvalue weighted by atomic mass is 32.1. The van der Waals surface area contributed by atoms with Crippen molar-refractivity contribution in [1.29, 1.82) is 0 Å². The molecule has 0 saturated carbocycles. The molecule has 0 fully saturated rings. The summed E-state index contributed by atoms with van der Waals surface area (Å²) in [6.07, 6.45) is 1.34. The quantitative estimate of drug-likeness (QED) is 0.729. The molecule has 2 aromatic rings. The van der Waals surface area contributed by atoms with Gasteiger partial charge in [-0.2, -0.15) is 11.3 Å². The Kier molecular flexibility index (Phi) is 6.31. The van der Waals surface area contributed by atoms with Crippen LogP contribution in [0.1, 0.15) is 40.5 Å². The number of aliphatic hydroxyl groups excluding tert-OH is 1. The standard InChI is InChI=1S/C17H20N2O3S/c1-12(5-4-9-20)18-17(22)14-6-2-3-7-15(14)19-16(21)13-8-10-23-11-13/h2-3,6-8,10-12,20H,4-5,9H2,1H3,(H,18,22)(H,19,21). The molecule has 1 aromatic heterocycles. The van der Waals surface area contributed by atoms with Crippen molar-refractivity contribution in [1.82, 2.24) is 5.32 Å². The fraction of sp³-hybridized carbons (Fsp3) is 0.294. The van der Waals surface area contributed by atoms with Gasteiger partial charge in [-0.25, -0.2) is 0 Å². The lowest BCUT2D eigenvalue weighted by Gasteiger charge is -2.15. The number of benzene rings is 1. The summed E-state index contributed by atoms with van der Waals surface area (Å²) in [5.74, 6) is -0.475. The topological polar surface area (TPSA) is 78.4 Å². The number of carbonyl (C=O) groups is 2. The second kappa shape index (κ2) is 8.45. The molecule has 0 radical (unpaired) electrons. The lowest BCUT2D eigenvalue weighted by molar-refractivity contribution is 0.0937. The lowest BCUT2D eigenvalue weighted by Crippen LogP contribution is -2.33. The van der Waals surface area contributed by atoms with Crippen molar-refractivity contribution < 1.29 is 14.7 Å². The number of thiophene rings is 1. The maximum atomic E-state index is 12.4. The number of nitrogens with one attached hydrogen (secondary N) is 2. The first-order valence-corrected chi connectivity index (χ1v) is 8.40. The van der Waals surface area contributed by atoms with Crippen molar-refractivity contribution >= 4 is 28.8 Å². The zero-order chi connectivity index (χ0) is 16.7. The van der Waals surface area contributed by atoms with Crippen molar-refractivity contribution in [3.8, 4) is 0 Å². The van der Waals surface area contributed by atoms with Gasteiger partial charge in [-0.05, 0) is 43.3 Å². The van der Waals surface area contributed by atoms with E-state index in [-0.39, 0.29) is 24.5 Å². The molecule has 1 aromatic carbocycles. The van der Waals surface area contributed by atoms with E-state index in [4.69, 9.17) is 5.11 Å². The smallest absolute Gasteiger partial charge is 0.256 e. The number of aliphatic hydroxyl groups is 1. The summed E-state index contributed by atoms with van der Waals surface area (Å²) in [6, 6.07) is 8.60. The Bertz CT molecular complexity index is 656. The Morgan fingerprint density at radius 1 is 1.22 bits per heavy atom. The monoisotopic (exact) mass is 332 g/mol. The van der Waals surface area contributed by atoms with E-state index in [2.05, 4.69) is 10.6 Å². The Hall–Kier alpha value is -2.18. The number of rotatable bonds is 7. The summed E-state index contributed by atoms with van der Waals surface area (Å²) in [5, 5.41) is 18.1. The largest absolute Gasteiger partial charge is 0.396 e. The van der Waals surface area contributed by atoms with Gasteiger partial charge in [0.25, 0.3) is 11.8 Å². The molecule has 6 heteroatoms. The fourth-order valence-corrected chi connectivity index (χ4v) is 2.79. The molecule has 0 aliphatic carbocycles. The molecule has 23 heavy (non-hydrogen) atoms. The maximum Gasteiger partial charge on any atom is 0.256 e. The van der Waals surface area contributed by atoms with E-state index in [0.29, 0.717) is 29.7 Å². The molecule has 2 amide bonds. The summed E-state index contributed by atoms with van der Waals surface area (Å²) >= 11 is 1.44. The highest BCUT2D eigenvalue weighted by molar-refractivity contribution is 7.08. The average Bonchev–Trinajstić information content (AvgIpc) is 3.08. The van der Waals surface area contributed by atoms with E-state index < -0.39 is 0 Å². The molecule has 0 spiro atoms. The number of hydrogen-bond donors (Lipinski definition) is 3. The molecular weight excluding hydrogens is 312 g/mol. The second-order valence-electron chi connectivity index (χ2n) is 5.25. The van der Waals surface area contributed by atoms with Crippen molar-refractivity contribution in [2.45, 2.75) is 25.8 Å². The van der Waals surface area contributed by atoms with Crippen LogP contribution in [0.3, 0.4) is 0 Å². The van der Waals surface area contributed by atoms with Crippen LogP contribution in [0.2, 0.25) is 0 Å². The molecule has 1 atom stereocenters. The zero-order valence-electron chi connectivity index (χ0n) is 12.9. The van der Waals surface area contributed by atoms with Crippen LogP contribution in [-0.2, 0) is 0 Å². The van der Waals surface area contributed by atoms with Crippen LogP contribution < -0.4 is 10.6 Å². The molecule has 2 rings (SSSR count). The number of hydrogen-bond acceptors (Lipinski definition) is 4. The number of carbonyl (C=O) groups excluding carboxylic acids is 2. The number of anilines is 1. The number of para-hydroxylation sites is 1.